The molecular weight excluding hydrogens is 370 g/mol. The molecule has 0 heterocycles. The molecule has 120 valence electrons. The highest BCUT2D eigenvalue weighted by Crippen LogP contribution is 2.18. The molecule has 5 nitrogen and oxygen atoms in total. The number of halogens is 1. The van der Waals surface area contributed by atoms with Gasteiger partial charge in [0, 0.05) is 12.6 Å². The van der Waals surface area contributed by atoms with Gasteiger partial charge in [-0.2, -0.15) is 0 Å². The van der Waals surface area contributed by atoms with E-state index in [-0.39, 0.29) is 4.90 Å². The predicted octanol–water partition coefficient (Wildman–Crippen LogP) is 2.99. The number of hydrogen-bond acceptors (Lipinski definition) is 4. The van der Waals surface area contributed by atoms with E-state index in [2.05, 4.69) is 27.8 Å². The molecule has 0 unspecified atom stereocenters. The number of carbonyl (C=O) groups excluding carboxylic acids is 1. The summed E-state index contributed by atoms with van der Waals surface area (Å²) in [7, 11) is -2.81. The van der Waals surface area contributed by atoms with Crippen molar-refractivity contribution in [1.29, 1.82) is 0 Å². The maximum absolute atomic E-state index is 12.5. The highest BCUT2D eigenvalue weighted by atomic mass is 79.9. The Labute approximate surface area is 139 Å². The number of ether oxygens (including phenoxy) is 1. The van der Waals surface area contributed by atoms with Crippen molar-refractivity contribution in [2.24, 2.45) is 0 Å². The Balaban J connectivity index is 3.11. The van der Waals surface area contributed by atoms with Crippen LogP contribution in [0.1, 0.15) is 26.3 Å². The zero-order valence-corrected chi connectivity index (χ0v) is 15.3. The Morgan fingerprint density at radius 1 is 1.36 bits per heavy atom. The fourth-order valence-corrected chi connectivity index (χ4v) is 2.67. The normalized spacial score (nSPS) is 11.3. The Bertz CT molecular complexity index is 711. The van der Waals surface area contributed by atoms with Crippen LogP contribution in [0.4, 0.5) is 4.79 Å². The van der Waals surface area contributed by atoms with Gasteiger partial charge in [0.2, 0.25) is 0 Å². The molecule has 0 spiro atoms. The quantitative estimate of drug-likeness (QED) is 0.577. The van der Waals surface area contributed by atoms with Crippen LogP contribution in [0.2, 0.25) is 0 Å². The van der Waals surface area contributed by atoms with Crippen molar-refractivity contribution in [3.05, 3.63) is 29.8 Å². The van der Waals surface area contributed by atoms with E-state index in [0.29, 0.717) is 15.2 Å². The number of alkyl halides is 1. The van der Waals surface area contributed by atoms with Gasteiger partial charge in [-0.25, -0.2) is 17.5 Å². The topological polar surface area (TPSA) is 63.7 Å². The Hall–Kier alpha value is -1.52. The number of sulfonamides is 1. The summed E-state index contributed by atoms with van der Waals surface area (Å²) in [6, 6.07) is 6.11. The summed E-state index contributed by atoms with van der Waals surface area (Å²) in [6.45, 7) is 5.01. The van der Waals surface area contributed by atoms with Crippen LogP contribution in [-0.4, -0.2) is 36.8 Å². The zero-order chi connectivity index (χ0) is 17.0. The lowest BCUT2D eigenvalue weighted by atomic mass is 10.2. The first kappa shape index (κ1) is 18.5. The molecule has 0 aliphatic carbocycles. The summed E-state index contributed by atoms with van der Waals surface area (Å²) >= 11 is 3.17. The van der Waals surface area contributed by atoms with Gasteiger partial charge in [-0.1, -0.05) is 33.8 Å². The molecule has 7 heteroatoms. The minimum Gasteiger partial charge on any atom is -0.443 e. The number of nitrogens with zero attached hydrogens (tertiary/aromatic N) is 1. The first-order chi connectivity index (χ1) is 10.1. The van der Waals surface area contributed by atoms with E-state index in [1.54, 1.807) is 32.9 Å². The van der Waals surface area contributed by atoms with Gasteiger partial charge in [-0.05, 0) is 39.0 Å². The number of rotatable bonds is 2. The maximum atomic E-state index is 12.5. The van der Waals surface area contributed by atoms with Crippen LogP contribution in [0.3, 0.4) is 0 Å². The highest BCUT2D eigenvalue weighted by molar-refractivity contribution is 9.09. The Morgan fingerprint density at radius 3 is 2.55 bits per heavy atom. The van der Waals surface area contributed by atoms with Gasteiger partial charge in [0.25, 0.3) is 10.0 Å². The fraction of sp³-hybridized carbons (Fsp3) is 0.400. The largest absolute Gasteiger partial charge is 0.443 e. The lowest BCUT2D eigenvalue weighted by Gasteiger charge is -2.24. The Morgan fingerprint density at radius 2 is 2.00 bits per heavy atom. The molecule has 0 radical (unpaired) electrons. The minimum atomic E-state index is -3.98. The van der Waals surface area contributed by atoms with E-state index < -0.39 is 21.7 Å². The molecule has 0 N–H and O–H groups in total. The average Bonchev–Trinajstić information content (AvgIpc) is 2.42. The number of hydrogen-bond donors (Lipinski definition) is 0. The first-order valence-electron chi connectivity index (χ1n) is 6.45. The molecule has 1 aromatic rings. The molecular formula is C15H18BrNO4S. The molecule has 0 fully saturated rings. The van der Waals surface area contributed by atoms with Gasteiger partial charge < -0.3 is 4.74 Å². The van der Waals surface area contributed by atoms with Crippen molar-refractivity contribution in [2.45, 2.75) is 31.3 Å². The number of carbonyl (C=O) groups is 1. The summed E-state index contributed by atoms with van der Waals surface area (Å²) in [5.41, 5.74) is -0.220. The molecule has 0 saturated heterocycles. The first-order valence-corrected chi connectivity index (χ1v) is 9.01. The molecule has 1 aromatic carbocycles. The summed E-state index contributed by atoms with van der Waals surface area (Å²) < 4.78 is 30.6. The predicted molar refractivity (Wildman–Crippen MR) is 88.3 cm³/mol. The van der Waals surface area contributed by atoms with Crippen LogP contribution in [-0.2, 0) is 14.8 Å². The second-order valence-corrected chi connectivity index (χ2v) is 7.95. The molecule has 0 aromatic heterocycles. The smallest absolute Gasteiger partial charge is 0.424 e. The summed E-state index contributed by atoms with van der Waals surface area (Å²) in [5.74, 6) is 5.61. The van der Waals surface area contributed by atoms with Gasteiger partial charge in [0.15, 0.2) is 0 Å². The van der Waals surface area contributed by atoms with E-state index in [1.165, 1.54) is 19.2 Å². The molecule has 0 aliphatic heterocycles. The van der Waals surface area contributed by atoms with E-state index in [0.717, 1.165) is 0 Å². The van der Waals surface area contributed by atoms with Gasteiger partial charge >= 0.3 is 6.09 Å². The van der Waals surface area contributed by atoms with E-state index in [1.807, 2.05) is 0 Å². The molecule has 0 saturated carbocycles. The average molecular weight is 388 g/mol. The minimum absolute atomic E-state index is 0.0118. The zero-order valence-electron chi connectivity index (χ0n) is 12.9. The number of benzene rings is 1. The second kappa shape index (κ2) is 7.16. The fourth-order valence-electron chi connectivity index (χ4n) is 1.45. The van der Waals surface area contributed by atoms with Crippen molar-refractivity contribution in [3.63, 3.8) is 0 Å². The lowest BCUT2D eigenvalue weighted by Crippen LogP contribution is -2.38. The van der Waals surface area contributed by atoms with Gasteiger partial charge in [-0.3, -0.25) is 0 Å². The van der Waals surface area contributed by atoms with Crippen LogP contribution in [0.25, 0.3) is 0 Å². The van der Waals surface area contributed by atoms with Crippen LogP contribution in [0, 0.1) is 11.8 Å². The Kier molecular flexibility index (Phi) is 6.03. The standard InChI is InChI=1S/C15H18BrNO4S/c1-15(2,3)21-14(18)17(4)22(19,20)13-9-5-7-12(11-13)8-6-10-16/h5,7,9,11H,10H2,1-4H3. The van der Waals surface area contributed by atoms with Gasteiger partial charge in [0.05, 0.1) is 10.2 Å². The van der Waals surface area contributed by atoms with Crippen LogP contribution in [0.15, 0.2) is 29.2 Å². The third-order valence-electron chi connectivity index (χ3n) is 2.44. The maximum Gasteiger partial charge on any atom is 0.424 e. The van der Waals surface area contributed by atoms with Gasteiger partial charge in [0.1, 0.15) is 5.60 Å². The van der Waals surface area contributed by atoms with Crippen LogP contribution in [0.5, 0.6) is 0 Å². The number of amides is 1. The van der Waals surface area contributed by atoms with E-state index in [4.69, 9.17) is 4.74 Å². The van der Waals surface area contributed by atoms with Crippen molar-refractivity contribution >= 4 is 32.0 Å². The van der Waals surface area contributed by atoms with Crippen LogP contribution < -0.4 is 0 Å². The van der Waals surface area contributed by atoms with Crippen molar-refractivity contribution in [1.82, 2.24) is 4.31 Å². The highest BCUT2D eigenvalue weighted by Gasteiger charge is 2.29. The molecule has 22 heavy (non-hydrogen) atoms. The van der Waals surface area contributed by atoms with E-state index >= 15 is 0 Å². The SMILES string of the molecule is CN(C(=O)OC(C)(C)C)S(=O)(=O)c1cccc(C#CCBr)c1. The molecule has 1 amide bonds. The molecule has 0 atom stereocenters. The monoisotopic (exact) mass is 387 g/mol. The second-order valence-electron chi connectivity index (χ2n) is 5.42. The summed E-state index contributed by atoms with van der Waals surface area (Å²) in [6.07, 6.45) is -0.926. The third-order valence-corrected chi connectivity index (χ3v) is 4.44. The van der Waals surface area contributed by atoms with E-state index in [9.17, 15) is 13.2 Å². The molecule has 1 rings (SSSR count). The molecule has 0 aliphatic rings. The van der Waals surface area contributed by atoms with Crippen LogP contribution >= 0.6 is 15.9 Å². The van der Waals surface area contributed by atoms with Gasteiger partial charge in [-0.15, -0.1) is 0 Å². The van der Waals surface area contributed by atoms with Crippen molar-refractivity contribution < 1.29 is 17.9 Å². The lowest BCUT2D eigenvalue weighted by molar-refractivity contribution is 0.0420. The molecule has 0 bridgehead atoms. The third kappa shape index (κ3) is 5.04. The summed E-state index contributed by atoms with van der Waals surface area (Å²) in [4.78, 5) is 11.9. The van der Waals surface area contributed by atoms with Crippen molar-refractivity contribution in [2.75, 3.05) is 12.4 Å². The van der Waals surface area contributed by atoms with Crippen molar-refractivity contribution in [3.8, 4) is 11.8 Å². The summed E-state index contributed by atoms with van der Waals surface area (Å²) in [5, 5.41) is 0.488.